The van der Waals surface area contributed by atoms with Gasteiger partial charge in [0.2, 0.25) is 0 Å². The zero-order valence-electron chi connectivity index (χ0n) is 17.3. The molecule has 0 aliphatic carbocycles. The molecule has 34 heavy (non-hydrogen) atoms. The van der Waals surface area contributed by atoms with Gasteiger partial charge in [-0.1, -0.05) is 5.16 Å². The quantitative estimate of drug-likeness (QED) is 0.578. The number of pyridine rings is 1. The summed E-state index contributed by atoms with van der Waals surface area (Å²) in [6.45, 7) is -1.25. The maximum absolute atomic E-state index is 14.8. The summed E-state index contributed by atoms with van der Waals surface area (Å²) in [7, 11) is -3.91. The highest BCUT2D eigenvalue weighted by atomic mass is 32.2. The highest BCUT2D eigenvalue weighted by Crippen LogP contribution is 2.40. The first-order valence-corrected chi connectivity index (χ1v) is 11.5. The Morgan fingerprint density at radius 3 is 2.53 bits per heavy atom. The molecule has 0 saturated carbocycles. The van der Waals surface area contributed by atoms with Crippen molar-refractivity contribution in [3.8, 4) is 17.3 Å². The molecule has 2 aliphatic rings. The van der Waals surface area contributed by atoms with Gasteiger partial charge in [0.15, 0.2) is 17.8 Å². The van der Waals surface area contributed by atoms with Gasteiger partial charge in [-0.2, -0.15) is 0 Å². The molecule has 180 valence electrons. The number of benzene rings is 1. The van der Waals surface area contributed by atoms with Crippen LogP contribution in [0.5, 0.6) is 0 Å². The van der Waals surface area contributed by atoms with Gasteiger partial charge in [0, 0.05) is 29.8 Å². The zero-order chi connectivity index (χ0) is 24.8. The molecule has 7 nitrogen and oxygen atoms in total. The van der Waals surface area contributed by atoms with Crippen molar-refractivity contribution < 1.29 is 39.6 Å². The van der Waals surface area contributed by atoms with E-state index in [9.17, 15) is 34.8 Å². The number of rotatable bonds is 2. The molecule has 2 aromatic rings. The Morgan fingerprint density at radius 2 is 1.85 bits per heavy atom. The van der Waals surface area contributed by atoms with Gasteiger partial charge in [0.25, 0.3) is 5.92 Å². The van der Waals surface area contributed by atoms with Crippen molar-refractivity contribution in [1.29, 1.82) is 0 Å². The number of alkyl halides is 2. The molecule has 1 aromatic heterocycles. The van der Waals surface area contributed by atoms with Crippen molar-refractivity contribution in [2.24, 2.45) is 11.1 Å². The molecule has 1 aromatic carbocycles. The van der Waals surface area contributed by atoms with Gasteiger partial charge >= 0.3 is 16.1 Å². The smallest absolute Gasteiger partial charge is 0.386 e. The zero-order valence-corrected chi connectivity index (χ0v) is 18.1. The molecular formula is C20H15F6N4O3S+. The molecule has 14 heteroatoms. The van der Waals surface area contributed by atoms with Crippen molar-refractivity contribution in [1.82, 2.24) is 9.88 Å². The van der Waals surface area contributed by atoms with Crippen LogP contribution in [0.25, 0.3) is 15.5 Å². The van der Waals surface area contributed by atoms with Gasteiger partial charge in [-0.15, -0.1) is 8.42 Å². The van der Waals surface area contributed by atoms with Crippen molar-refractivity contribution >= 4 is 15.9 Å². The Bertz CT molecular complexity index is 1360. The van der Waals surface area contributed by atoms with E-state index in [-0.39, 0.29) is 23.4 Å². The number of aromatic nitrogens is 1. The van der Waals surface area contributed by atoms with E-state index in [0.717, 1.165) is 17.2 Å². The third-order valence-corrected chi connectivity index (χ3v) is 5.62. The van der Waals surface area contributed by atoms with Crippen LogP contribution in [0.2, 0.25) is 0 Å². The van der Waals surface area contributed by atoms with Gasteiger partial charge in [-0.3, -0.25) is 4.98 Å². The standard InChI is InChI=1S/C20H15F6N4O3S/c1-34(31,32)28-6-10-8-30(9-20(10,25)26)17-5-16(33-29-17)18-13(2-11(21)3-14(18)23)19-15(24)4-12(22)7-27-19/h2-4,7,10,16H,5,8-9H2,1H3/q+1. The Kier molecular flexibility index (Phi) is 5.92. The van der Waals surface area contributed by atoms with E-state index in [1.54, 1.807) is 0 Å². The number of likely N-dealkylation sites (tertiary alicyclic amines) is 1. The van der Waals surface area contributed by atoms with Gasteiger partial charge in [0.1, 0.15) is 35.2 Å². The largest absolute Gasteiger partial charge is 0.476 e. The second-order valence-corrected chi connectivity index (χ2v) is 9.43. The number of halogens is 6. The average Bonchev–Trinajstić information content (AvgIpc) is 3.29. The van der Waals surface area contributed by atoms with Crippen LogP contribution < -0.4 is 0 Å². The number of oxime groups is 1. The lowest BCUT2D eigenvalue weighted by molar-refractivity contribution is -0.00611. The van der Waals surface area contributed by atoms with Crippen molar-refractivity contribution in [3.05, 3.63) is 57.5 Å². The number of hydrogen-bond donors (Lipinski definition) is 0. The number of amidine groups is 1. The van der Waals surface area contributed by atoms with Crippen LogP contribution in [0.4, 0.5) is 26.3 Å². The van der Waals surface area contributed by atoms with Crippen LogP contribution in [0.15, 0.2) is 29.6 Å². The summed E-state index contributed by atoms with van der Waals surface area (Å²) < 4.78 is 110. The van der Waals surface area contributed by atoms with Gasteiger partial charge in [-0.05, 0) is 6.07 Å². The van der Waals surface area contributed by atoms with E-state index in [0.29, 0.717) is 18.3 Å². The van der Waals surface area contributed by atoms with Crippen LogP contribution >= 0.6 is 0 Å². The van der Waals surface area contributed by atoms with Crippen molar-refractivity contribution in [3.63, 3.8) is 0 Å². The molecule has 1 fully saturated rings. The minimum atomic E-state index is -3.91. The van der Waals surface area contributed by atoms with Crippen molar-refractivity contribution in [2.75, 3.05) is 19.3 Å². The maximum atomic E-state index is 14.8. The first kappa shape index (κ1) is 23.8. The van der Waals surface area contributed by atoms with Crippen molar-refractivity contribution in [2.45, 2.75) is 18.4 Å². The van der Waals surface area contributed by atoms with E-state index in [1.807, 2.05) is 6.07 Å². The van der Waals surface area contributed by atoms with E-state index < -0.39 is 70.0 Å². The molecule has 4 rings (SSSR count). The Morgan fingerprint density at radius 1 is 1.15 bits per heavy atom. The molecule has 0 bridgehead atoms. The fourth-order valence-electron chi connectivity index (χ4n) is 3.70. The second kappa shape index (κ2) is 8.46. The summed E-state index contributed by atoms with van der Waals surface area (Å²) in [5.41, 5.74) is -1.23. The van der Waals surface area contributed by atoms with E-state index in [1.165, 1.54) is 0 Å². The first-order valence-electron chi connectivity index (χ1n) is 9.67. The monoisotopic (exact) mass is 505 g/mol. The topological polar surface area (TPSA) is 76.2 Å². The van der Waals surface area contributed by atoms with E-state index in [4.69, 9.17) is 4.84 Å². The maximum Gasteiger partial charge on any atom is 0.476 e. The fourth-order valence-corrected chi connectivity index (χ4v) is 4.02. The van der Waals surface area contributed by atoms with Crippen LogP contribution in [0, 0.1) is 35.3 Å². The summed E-state index contributed by atoms with van der Waals surface area (Å²) in [5.74, 6) is -9.40. The highest BCUT2D eigenvalue weighted by molar-refractivity contribution is 7.92. The predicted molar refractivity (Wildman–Crippen MR) is 107 cm³/mol. The first-order chi connectivity index (χ1) is 15.8. The van der Waals surface area contributed by atoms with Gasteiger partial charge in [-0.25, -0.2) is 26.3 Å². The SMILES string of the molecule is CS(=O)(=O)[N+]#CC1CN(C2=NOC(c3c(F)cc(F)cc3-c3ncc(F)cc3F)C2)CC1(F)F. The summed E-state index contributed by atoms with van der Waals surface area (Å²) in [6.07, 6.45) is -0.0931. The normalized spacial score (nSPS) is 21.6. The summed E-state index contributed by atoms with van der Waals surface area (Å²) in [4.78, 5) is 9.88. The lowest BCUT2D eigenvalue weighted by atomic mass is 9.96. The Hall–Kier alpha value is -3.34. The lowest BCUT2D eigenvalue weighted by Crippen LogP contribution is -2.31. The van der Waals surface area contributed by atoms with Crippen LogP contribution in [0.3, 0.4) is 0 Å². The third kappa shape index (κ3) is 4.79. The van der Waals surface area contributed by atoms with E-state index in [2.05, 4.69) is 14.4 Å². The van der Waals surface area contributed by atoms with E-state index >= 15 is 0 Å². The third-order valence-electron chi connectivity index (χ3n) is 5.19. The molecule has 1 saturated heterocycles. The van der Waals surface area contributed by atoms with Crippen LogP contribution in [-0.2, 0) is 14.9 Å². The molecule has 3 heterocycles. The molecule has 2 aliphatic heterocycles. The fraction of sp³-hybridized carbons (Fsp3) is 0.350. The summed E-state index contributed by atoms with van der Waals surface area (Å²) in [5, 5.41) is 3.72. The predicted octanol–water partition coefficient (Wildman–Crippen LogP) is 3.94. The lowest BCUT2D eigenvalue weighted by Gasteiger charge is -2.18. The average molecular weight is 505 g/mol. The minimum absolute atomic E-state index is 0.0180. The minimum Gasteiger partial charge on any atom is -0.386 e. The Labute approximate surface area is 189 Å². The second-order valence-electron chi connectivity index (χ2n) is 7.79. The molecule has 0 amide bonds. The number of sulfonamides is 1. The molecule has 0 N–H and O–H groups in total. The summed E-state index contributed by atoms with van der Waals surface area (Å²) in [6, 6.07) is 3.74. The van der Waals surface area contributed by atoms with Gasteiger partial charge < -0.3 is 9.74 Å². The van der Waals surface area contributed by atoms with Crippen LogP contribution in [-0.4, -0.2) is 49.4 Å². The number of nitrogens with zero attached hydrogens (tertiary/aromatic N) is 4. The summed E-state index contributed by atoms with van der Waals surface area (Å²) >= 11 is 0. The molecule has 2 unspecified atom stereocenters. The highest BCUT2D eigenvalue weighted by Gasteiger charge is 2.53. The molecule has 0 radical (unpaired) electrons. The molecule has 0 spiro atoms. The molecular weight excluding hydrogens is 490 g/mol. The van der Waals surface area contributed by atoms with Gasteiger partial charge in [0.05, 0.1) is 23.4 Å². The van der Waals surface area contributed by atoms with Crippen LogP contribution in [0.1, 0.15) is 18.1 Å². The number of hydrogen-bond acceptors (Lipinski definition) is 6. The Balaban J connectivity index is 1.61. The molecule has 2 atom stereocenters.